The summed E-state index contributed by atoms with van der Waals surface area (Å²) in [6.45, 7) is 0. The highest BCUT2D eigenvalue weighted by atomic mass is 35.5. The Morgan fingerprint density at radius 3 is 3.04 bits per heavy atom. The lowest BCUT2D eigenvalue weighted by molar-refractivity contribution is -0.119. The van der Waals surface area contributed by atoms with Crippen molar-refractivity contribution in [1.29, 1.82) is 0 Å². The number of ether oxygens (including phenoxy) is 1. The van der Waals surface area contributed by atoms with Crippen LogP contribution >= 0.6 is 23.4 Å². The summed E-state index contributed by atoms with van der Waals surface area (Å²) in [4.78, 5) is 16.7. The molecular weight excluding hydrogens is 372 g/mol. The van der Waals surface area contributed by atoms with Gasteiger partial charge in [0.1, 0.15) is 5.75 Å². The smallest absolute Gasteiger partial charge is 0.230 e. The van der Waals surface area contributed by atoms with Gasteiger partial charge in [-0.25, -0.2) is 4.98 Å². The summed E-state index contributed by atoms with van der Waals surface area (Å²) in [5.41, 5.74) is 0.741. The molecule has 1 heterocycles. The molecule has 6 nitrogen and oxygen atoms in total. The van der Waals surface area contributed by atoms with E-state index in [-0.39, 0.29) is 5.91 Å². The third-order valence-corrected chi connectivity index (χ3v) is 6.38. The van der Waals surface area contributed by atoms with Crippen molar-refractivity contribution in [3.8, 4) is 17.1 Å². The highest BCUT2D eigenvalue weighted by Crippen LogP contribution is 2.44. The van der Waals surface area contributed by atoms with Gasteiger partial charge in [0.25, 0.3) is 0 Å². The maximum Gasteiger partial charge on any atom is 0.230 e. The van der Waals surface area contributed by atoms with Crippen LogP contribution in [0.3, 0.4) is 0 Å². The minimum atomic E-state index is 0.0548. The van der Waals surface area contributed by atoms with E-state index in [0.717, 1.165) is 17.9 Å². The molecule has 26 heavy (non-hydrogen) atoms. The molecule has 2 bridgehead atoms. The molecular formula is C18H21ClN4O2S. The summed E-state index contributed by atoms with van der Waals surface area (Å²) >= 11 is 7.39. The Labute approximate surface area is 161 Å². The molecule has 4 rings (SSSR count). The fourth-order valence-electron chi connectivity index (χ4n) is 4.10. The van der Waals surface area contributed by atoms with Crippen molar-refractivity contribution < 1.29 is 9.53 Å². The van der Waals surface area contributed by atoms with Gasteiger partial charge in [0, 0.05) is 11.1 Å². The molecule has 0 aliphatic heterocycles. The van der Waals surface area contributed by atoms with Crippen molar-refractivity contribution in [2.45, 2.75) is 36.9 Å². The normalized spacial score (nSPS) is 24.0. The highest BCUT2D eigenvalue weighted by molar-refractivity contribution is 7.99. The molecule has 3 atom stereocenters. The second-order valence-corrected chi connectivity index (χ2v) is 8.33. The first-order valence-electron chi connectivity index (χ1n) is 8.81. The molecule has 0 unspecified atom stereocenters. The Kier molecular flexibility index (Phi) is 5.09. The molecule has 0 saturated heterocycles. The van der Waals surface area contributed by atoms with E-state index in [1.165, 1.54) is 31.0 Å². The van der Waals surface area contributed by atoms with Gasteiger partial charge in [0.2, 0.25) is 11.1 Å². The first-order chi connectivity index (χ1) is 12.6. The van der Waals surface area contributed by atoms with E-state index in [9.17, 15) is 4.79 Å². The molecule has 1 aromatic carbocycles. The summed E-state index contributed by atoms with van der Waals surface area (Å²) in [5, 5.41) is 11.4. The molecule has 2 N–H and O–H groups in total. The number of amides is 1. The molecule has 138 valence electrons. The van der Waals surface area contributed by atoms with Gasteiger partial charge in [-0.15, -0.1) is 5.10 Å². The second kappa shape index (κ2) is 7.48. The number of hydrogen-bond donors (Lipinski definition) is 2. The van der Waals surface area contributed by atoms with Gasteiger partial charge in [-0.3, -0.25) is 9.89 Å². The Morgan fingerprint density at radius 2 is 2.31 bits per heavy atom. The number of halogens is 1. The molecule has 1 aromatic heterocycles. The number of H-pyrrole nitrogens is 1. The number of nitrogens with one attached hydrogen (secondary N) is 2. The van der Waals surface area contributed by atoms with Gasteiger partial charge >= 0.3 is 0 Å². The zero-order valence-electron chi connectivity index (χ0n) is 14.5. The van der Waals surface area contributed by atoms with Gasteiger partial charge in [0.15, 0.2) is 5.82 Å². The quantitative estimate of drug-likeness (QED) is 0.735. The van der Waals surface area contributed by atoms with Crippen molar-refractivity contribution in [2.24, 2.45) is 11.8 Å². The van der Waals surface area contributed by atoms with E-state index in [0.29, 0.717) is 39.5 Å². The van der Waals surface area contributed by atoms with Crippen molar-refractivity contribution in [2.75, 3.05) is 12.9 Å². The summed E-state index contributed by atoms with van der Waals surface area (Å²) < 4.78 is 5.34. The molecule has 2 aliphatic rings. The topological polar surface area (TPSA) is 79.9 Å². The molecule has 2 fully saturated rings. The van der Waals surface area contributed by atoms with Gasteiger partial charge in [-0.05, 0) is 49.3 Å². The fraction of sp³-hybridized carbons (Fsp3) is 0.500. The number of carbonyl (C=O) groups excluding carboxylic acids is 1. The molecule has 8 heteroatoms. The molecule has 1 amide bonds. The lowest BCUT2D eigenvalue weighted by Gasteiger charge is -2.22. The summed E-state index contributed by atoms with van der Waals surface area (Å²) in [7, 11) is 1.60. The van der Waals surface area contributed by atoms with Crippen molar-refractivity contribution in [1.82, 2.24) is 20.5 Å². The van der Waals surface area contributed by atoms with Crippen molar-refractivity contribution in [3.63, 3.8) is 0 Å². The molecule has 2 saturated carbocycles. The summed E-state index contributed by atoms with van der Waals surface area (Å²) in [6.07, 6.45) is 5.01. The average molecular weight is 393 g/mol. The van der Waals surface area contributed by atoms with E-state index in [1.54, 1.807) is 25.3 Å². The van der Waals surface area contributed by atoms with Gasteiger partial charge in [-0.1, -0.05) is 29.8 Å². The predicted molar refractivity (Wildman–Crippen MR) is 101 cm³/mol. The summed E-state index contributed by atoms with van der Waals surface area (Å²) in [5.74, 6) is 3.11. The third-order valence-electron chi connectivity index (χ3n) is 5.30. The Morgan fingerprint density at radius 1 is 1.42 bits per heavy atom. The minimum absolute atomic E-state index is 0.0548. The number of benzene rings is 1. The first-order valence-corrected chi connectivity index (χ1v) is 10.2. The largest absolute Gasteiger partial charge is 0.496 e. The zero-order valence-corrected chi connectivity index (χ0v) is 16.1. The Bertz CT molecular complexity index is 812. The minimum Gasteiger partial charge on any atom is -0.496 e. The van der Waals surface area contributed by atoms with E-state index in [4.69, 9.17) is 16.3 Å². The van der Waals surface area contributed by atoms with Crippen LogP contribution in [0.2, 0.25) is 5.02 Å². The highest BCUT2D eigenvalue weighted by Gasteiger charge is 2.40. The number of nitrogens with zero attached hydrogens (tertiary/aromatic N) is 2. The monoisotopic (exact) mass is 392 g/mol. The van der Waals surface area contributed by atoms with Crippen molar-refractivity contribution in [3.05, 3.63) is 23.2 Å². The third kappa shape index (κ3) is 3.69. The Hall–Kier alpha value is -1.73. The maximum absolute atomic E-state index is 12.2. The zero-order chi connectivity index (χ0) is 18.1. The van der Waals surface area contributed by atoms with Crippen LogP contribution in [-0.2, 0) is 4.79 Å². The van der Waals surface area contributed by atoms with Crippen LogP contribution < -0.4 is 10.1 Å². The summed E-state index contributed by atoms with van der Waals surface area (Å²) in [6, 6.07) is 5.68. The SMILES string of the molecule is COc1ccc(Cl)cc1-c1nc(SCC(=O)N[C@@H]2C[C@H]3CC[C@H]2C3)n[nH]1. The average Bonchev–Trinajstić information content (AvgIpc) is 3.37. The van der Waals surface area contributed by atoms with Gasteiger partial charge < -0.3 is 10.1 Å². The van der Waals surface area contributed by atoms with Gasteiger partial charge in [0.05, 0.1) is 18.4 Å². The predicted octanol–water partition coefficient (Wildman–Crippen LogP) is 3.53. The van der Waals surface area contributed by atoms with Crippen molar-refractivity contribution >= 4 is 29.3 Å². The number of hydrogen-bond acceptors (Lipinski definition) is 5. The fourth-order valence-corrected chi connectivity index (χ4v) is 4.88. The lowest BCUT2D eigenvalue weighted by Crippen LogP contribution is -2.39. The standard InChI is InChI=1S/C18H21ClN4O2S/c1-25-15-5-4-12(19)8-13(15)17-21-18(23-22-17)26-9-16(24)20-14-7-10-2-3-11(14)6-10/h4-5,8,10-11,14H,2-3,6-7,9H2,1H3,(H,20,24)(H,21,22,23)/t10-,11-,14+/m0/s1. The number of rotatable bonds is 6. The molecule has 0 spiro atoms. The number of aromatic amines is 1. The van der Waals surface area contributed by atoms with E-state index in [2.05, 4.69) is 20.5 Å². The van der Waals surface area contributed by atoms with Crippen LogP contribution in [0.4, 0.5) is 0 Å². The molecule has 2 aromatic rings. The van der Waals surface area contributed by atoms with E-state index < -0.39 is 0 Å². The van der Waals surface area contributed by atoms with Crippen LogP contribution in [0.25, 0.3) is 11.4 Å². The number of aromatic nitrogens is 3. The Balaban J connectivity index is 1.35. The first kappa shape index (κ1) is 17.7. The maximum atomic E-state index is 12.2. The van der Waals surface area contributed by atoms with Crippen LogP contribution in [0, 0.1) is 11.8 Å². The number of thioether (sulfide) groups is 1. The lowest BCUT2D eigenvalue weighted by atomic mass is 9.95. The molecule has 0 radical (unpaired) electrons. The van der Waals surface area contributed by atoms with Crippen LogP contribution in [0.1, 0.15) is 25.7 Å². The second-order valence-electron chi connectivity index (χ2n) is 6.95. The van der Waals surface area contributed by atoms with Gasteiger partial charge in [-0.2, -0.15) is 0 Å². The van der Waals surface area contributed by atoms with E-state index in [1.807, 2.05) is 0 Å². The number of carbonyl (C=O) groups is 1. The molecule has 2 aliphatic carbocycles. The van der Waals surface area contributed by atoms with Crippen LogP contribution in [0.15, 0.2) is 23.4 Å². The van der Waals surface area contributed by atoms with E-state index >= 15 is 0 Å². The van der Waals surface area contributed by atoms with Crippen LogP contribution in [-0.4, -0.2) is 40.0 Å². The number of methoxy groups -OCH3 is 1. The van der Waals surface area contributed by atoms with Crippen LogP contribution in [0.5, 0.6) is 5.75 Å². The number of fused-ring (bicyclic) bond motifs is 2.